The van der Waals surface area contributed by atoms with Gasteiger partial charge in [-0.25, -0.2) is 19.2 Å². The molecule has 0 aromatic heterocycles. The van der Waals surface area contributed by atoms with Crippen LogP contribution in [-0.2, 0) is 4.74 Å². The first-order valence-corrected chi connectivity index (χ1v) is 20.9. The Hall–Kier alpha value is -9.48. The Labute approximate surface area is 381 Å². The molecule has 67 heavy (non-hydrogen) atoms. The summed E-state index contributed by atoms with van der Waals surface area (Å²) in [5.74, 6) is -1.95. The third-order valence-corrected chi connectivity index (χ3v) is 11.1. The van der Waals surface area contributed by atoms with Crippen LogP contribution in [0.15, 0.2) is 194 Å². The molecule has 0 aliphatic carbocycles. The summed E-state index contributed by atoms with van der Waals surface area (Å²) in [6.45, 7) is 0. The lowest BCUT2D eigenvalue weighted by Gasteiger charge is -2.18. The molecular weight excluding hydrogens is 849 g/mol. The molecule has 11 nitrogen and oxygen atoms in total. The molecule has 0 bridgehead atoms. The fraction of sp³-hybridized carbons (Fsp3) is 0. The minimum Gasteiger partial charge on any atom is -0.478 e. The SMILES string of the molecule is O=C(O)c1c(C(=O)OC(=O)c2c(C(=O)O)c3ccc(Oc4ccccc4)cc3c3cc(Oc4ccccc4)ccc23)c2ccc(Oc3ccccc3)cc2c2cc(Oc3ccccc3)ccc12. The number of carboxylic acid groups (broad SMARTS) is 2. The van der Waals surface area contributed by atoms with Gasteiger partial charge in [0.05, 0.1) is 22.3 Å². The number of carboxylic acids is 2. The summed E-state index contributed by atoms with van der Waals surface area (Å²) in [5, 5.41) is 23.8. The van der Waals surface area contributed by atoms with Crippen LogP contribution in [-0.4, -0.2) is 34.1 Å². The smallest absolute Gasteiger partial charge is 0.347 e. The van der Waals surface area contributed by atoms with E-state index < -0.39 is 46.1 Å². The van der Waals surface area contributed by atoms with E-state index in [1.165, 1.54) is 24.3 Å². The van der Waals surface area contributed by atoms with Gasteiger partial charge in [-0.15, -0.1) is 0 Å². The van der Waals surface area contributed by atoms with E-state index in [0.29, 0.717) is 67.5 Å². The Balaban J connectivity index is 1.12. The van der Waals surface area contributed by atoms with Crippen molar-refractivity contribution in [1.29, 1.82) is 0 Å². The Morgan fingerprint density at radius 1 is 0.269 bits per heavy atom. The molecule has 0 saturated carbocycles. The molecule has 0 heterocycles. The van der Waals surface area contributed by atoms with Gasteiger partial charge in [0.15, 0.2) is 0 Å². The number of hydrogen-bond donors (Lipinski definition) is 2. The van der Waals surface area contributed by atoms with E-state index in [-0.39, 0.29) is 21.5 Å². The lowest BCUT2D eigenvalue weighted by Crippen LogP contribution is -2.20. The van der Waals surface area contributed by atoms with Crippen LogP contribution in [0.25, 0.3) is 43.1 Å². The summed E-state index contributed by atoms with van der Waals surface area (Å²) in [4.78, 5) is 56.1. The number of carbonyl (C=O) groups excluding carboxylic acids is 2. The van der Waals surface area contributed by atoms with Gasteiger partial charge in [-0.1, -0.05) is 72.8 Å². The minimum absolute atomic E-state index is 0.121. The van der Waals surface area contributed by atoms with E-state index >= 15 is 0 Å². The number of carbonyl (C=O) groups is 4. The highest BCUT2D eigenvalue weighted by molar-refractivity contribution is 6.28. The summed E-state index contributed by atoms with van der Waals surface area (Å²) >= 11 is 0. The number of ether oxygens (including phenoxy) is 5. The summed E-state index contributed by atoms with van der Waals surface area (Å²) in [6.07, 6.45) is 0. The molecule has 0 fully saturated rings. The van der Waals surface area contributed by atoms with Crippen molar-refractivity contribution in [1.82, 2.24) is 0 Å². The van der Waals surface area contributed by atoms with E-state index in [1.807, 2.05) is 72.8 Å². The van der Waals surface area contributed by atoms with Crippen LogP contribution in [0, 0.1) is 0 Å². The lowest BCUT2D eigenvalue weighted by molar-refractivity contribution is 0.0390. The topological polar surface area (TPSA) is 155 Å². The number of benzene rings is 10. The van der Waals surface area contributed by atoms with Crippen LogP contribution in [0.4, 0.5) is 0 Å². The molecule has 0 atom stereocenters. The summed E-state index contributed by atoms with van der Waals surface area (Å²) in [7, 11) is 0. The fourth-order valence-electron chi connectivity index (χ4n) is 8.20. The van der Waals surface area contributed by atoms with Crippen molar-refractivity contribution in [2.75, 3.05) is 0 Å². The highest BCUT2D eigenvalue weighted by Crippen LogP contribution is 2.42. The molecule has 11 heteroatoms. The lowest BCUT2D eigenvalue weighted by atomic mass is 9.90. The minimum atomic E-state index is -1.48. The van der Waals surface area contributed by atoms with Crippen LogP contribution >= 0.6 is 0 Å². The zero-order chi connectivity index (χ0) is 46.0. The Bertz CT molecular complexity index is 3340. The Kier molecular flexibility index (Phi) is 10.9. The van der Waals surface area contributed by atoms with E-state index in [0.717, 1.165) is 0 Å². The predicted molar refractivity (Wildman–Crippen MR) is 253 cm³/mol. The highest BCUT2D eigenvalue weighted by atomic mass is 16.6. The number of fused-ring (bicyclic) bond motifs is 6. The van der Waals surface area contributed by atoms with E-state index in [1.54, 1.807) is 97.1 Å². The first kappa shape index (κ1) is 41.5. The van der Waals surface area contributed by atoms with E-state index in [2.05, 4.69) is 0 Å². The fourth-order valence-corrected chi connectivity index (χ4v) is 8.20. The average Bonchev–Trinajstić information content (AvgIpc) is 3.34. The van der Waals surface area contributed by atoms with Crippen LogP contribution in [0.2, 0.25) is 0 Å². The molecule has 0 saturated heterocycles. The van der Waals surface area contributed by atoms with Gasteiger partial charge in [-0.3, -0.25) is 0 Å². The van der Waals surface area contributed by atoms with Crippen molar-refractivity contribution in [2.24, 2.45) is 0 Å². The number of aromatic carboxylic acids is 2. The van der Waals surface area contributed by atoms with Crippen molar-refractivity contribution in [2.45, 2.75) is 0 Å². The molecule has 10 aromatic rings. The standard InChI is InChI=1S/C56H34O11/c57-53(58)49-41-25-21-37(63-33-13-5-1-6-14-33)29-45(41)47-31-39(65-35-17-9-3-10-18-35)23-27-43(47)51(49)55(61)67-56(62)52-44-28-24-40(66-36-19-11-4-12-20-36)32-48(44)46-30-38(64-34-15-7-2-8-16-34)22-26-42(46)50(52)54(59)60/h1-32H,(H,57,58)(H,59,60). The quantitative estimate of drug-likeness (QED) is 0.0684. The maximum Gasteiger partial charge on any atom is 0.347 e. The second-order valence-electron chi connectivity index (χ2n) is 15.3. The number of rotatable bonds is 12. The average molecular weight is 883 g/mol. The third-order valence-electron chi connectivity index (χ3n) is 11.1. The molecule has 2 N–H and O–H groups in total. The van der Waals surface area contributed by atoms with E-state index in [4.69, 9.17) is 23.7 Å². The summed E-state index contributed by atoms with van der Waals surface area (Å²) < 4.78 is 30.2. The van der Waals surface area contributed by atoms with Crippen LogP contribution in [0.1, 0.15) is 41.4 Å². The second-order valence-corrected chi connectivity index (χ2v) is 15.3. The number of esters is 2. The molecule has 0 amide bonds. The van der Waals surface area contributed by atoms with Gasteiger partial charge in [0.2, 0.25) is 0 Å². The largest absolute Gasteiger partial charge is 0.478 e. The van der Waals surface area contributed by atoms with Crippen molar-refractivity contribution in [3.8, 4) is 46.0 Å². The van der Waals surface area contributed by atoms with Gasteiger partial charge in [-0.2, -0.15) is 0 Å². The van der Waals surface area contributed by atoms with Crippen molar-refractivity contribution in [3.63, 3.8) is 0 Å². The van der Waals surface area contributed by atoms with Crippen LogP contribution < -0.4 is 18.9 Å². The molecule has 0 aliphatic rings. The van der Waals surface area contributed by atoms with Crippen LogP contribution in [0.5, 0.6) is 46.0 Å². The summed E-state index contributed by atoms with van der Waals surface area (Å²) in [6, 6.07) is 55.1. The maximum absolute atomic E-state index is 14.7. The van der Waals surface area contributed by atoms with Crippen LogP contribution in [0.3, 0.4) is 0 Å². The van der Waals surface area contributed by atoms with Crippen molar-refractivity contribution in [3.05, 3.63) is 216 Å². The highest BCUT2D eigenvalue weighted by Gasteiger charge is 2.32. The first-order chi connectivity index (χ1) is 32.7. The number of para-hydroxylation sites is 4. The molecule has 0 aliphatic heterocycles. The Morgan fingerprint density at radius 2 is 0.507 bits per heavy atom. The van der Waals surface area contributed by atoms with Crippen molar-refractivity contribution >= 4 is 67.0 Å². The zero-order valence-corrected chi connectivity index (χ0v) is 35.0. The van der Waals surface area contributed by atoms with Gasteiger partial charge in [0.25, 0.3) is 0 Å². The third kappa shape index (κ3) is 8.27. The van der Waals surface area contributed by atoms with E-state index in [9.17, 15) is 29.4 Å². The maximum atomic E-state index is 14.7. The normalized spacial score (nSPS) is 11.0. The van der Waals surface area contributed by atoms with Crippen molar-refractivity contribution < 1.29 is 53.1 Å². The van der Waals surface area contributed by atoms with Gasteiger partial charge < -0.3 is 33.9 Å². The molecular formula is C56H34O11. The Morgan fingerprint density at radius 3 is 0.746 bits per heavy atom. The zero-order valence-electron chi connectivity index (χ0n) is 35.0. The molecule has 10 rings (SSSR count). The van der Waals surface area contributed by atoms with Gasteiger partial charge in [0, 0.05) is 0 Å². The molecule has 0 radical (unpaired) electrons. The molecule has 324 valence electrons. The van der Waals surface area contributed by atoms with Gasteiger partial charge in [-0.05, 0) is 164 Å². The predicted octanol–water partition coefficient (Wildman–Crippen LogP) is 13.9. The molecule has 10 aromatic carbocycles. The first-order valence-electron chi connectivity index (χ1n) is 20.9. The molecule has 0 unspecified atom stereocenters. The van der Waals surface area contributed by atoms with Gasteiger partial charge >= 0.3 is 23.9 Å². The summed E-state index contributed by atoms with van der Waals surface area (Å²) in [5.41, 5.74) is -1.76. The second kappa shape index (κ2) is 17.6. The number of hydrogen-bond acceptors (Lipinski definition) is 9. The molecule has 0 spiro atoms. The van der Waals surface area contributed by atoms with Gasteiger partial charge in [0.1, 0.15) is 46.0 Å². The monoisotopic (exact) mass is 882 g/mol.